The molecule has 2 aromatic carbocycles. The monoisotopic (exact) mass is 273 g/mol. The van der Waals surface area contributed by atoms with E-state index in [1.807, 2.05) is 45.0 Å². The number of nitrogens with one attached hydrogen (secondary N) is 1. The van der Waals surface area contributed by atoms with Crippen LogP contribution in [0.4, 0.5) is 4.39 Å². The molecule has 106 valence electrons. The van der Waals surface area contributed by atoms with E-state index in [1.165, 1.54) is 12.1 Å². The van der Waals surface area contributed by atoms with Crippen LogP contribution in [0.2, 0.25) is 0 Å². The van der Waals surface area contributed by atoms with Crippen molar-refractivity contribution in [1.82, 2.24) is 5.32 Å². The van der Waals surface area contributed by atoms with Crippen molar-refractivity contribution < 1.29 is 9.13 Å². The minimum atomic E-state index is -0.277. The van der Waals surface area contributed by atoms with Gasteiger partial charge in [-0.3, -0.25) is 0 Å². The lowest BCUT2D eigenvalue weighted by Gasteiger charge is -2.12. The summed E-state index contributed by atoms with van der Waals surface area (Å²) in [5, 5.41) is 3.18. The SMILES string of the molecule is CCNCc1cc(F)cc(Oc2cccc(C)c2C)c1. The summed E-state index contributed by atoms with van der Waals surface area (Å²) >= 11 is 0. The molecule has 2 aromatic rings. The minimum absolute atomic E-state index is 0.277. The van der Waals surface area contributed by atoms with Crippen LogP contribution in [0.1, 0.15) is 23.6 Å². The van der Waals surface area contributed by atoms with Crippen LogP contribution in [0.5, 0.6) is 11.5 Å². The maximum absolute atomic E-state index is 13.6. The highest BCUT2D eigenvalue weighted by atomic mass is 19.1. The second-order valence-corrected chi connectivity index (χ2v) is 4.88. The van der Waals surface area contributed by atoms with Gasteiger partial charge in [0, 0.05) is 12.6 Å². The number of rotatable bonds is 5. The minimum Gasteiger partial charge on any atom is -0.457 e. The standard InChI is InChI=1S/C17H20FNO/c1-4-19-11-14-8-15(18)10-16(9-14)20-17-7-5-6-12(2)13(17)3/h5-10,19H,4,11H2,1-3H3. The normalized spacial score (nSPS) is 10.6. The van der Waals surface area contributed by atoms with Crippen LogP contribution in [-0.4, -0.2) is 6.54 Å². The number of benzene rings is 2. The highest BCUT2D eigenvalue weighted by molar-refractivity contribution is 5.42. The van der Waals surface area contributed by atoms with Crippen molar-refractivity contribution in [2.75, 3.05) is 6.54 Å². The van der Waals surface area contributed by atoms with Crippen molar-refractivity contribution in [3.63, 3.8) is 0 Å². The fraction of sp³-hybridized carbons (Fsp3) is 0.294. The van der Waals surface area contributed by atoms with Crippen molar-refractivity contribution in [2.24, 2.45) is 0 Å². The molecule has 2 rings (SSSR count). The molecule has 0 bridgehead atoms. The van der Waals surface area contributed by atoms with Gasteiger partial charge in [0.2, 0.25) is 0 Å². The summed E-state index contributed by atoms with van der Waals surface area (Å²) in [5.41, 5.74) is 3.11. The predicted molar refractivity (Wildman–Crippen MR) is 79.8 cm³/mol. The number of hydrogen-bond acceptors (Lipinski definition) is 2. The highest BCUT2D eigenvalue weighted by Crippen LogP contribution is 2.28. The molecule has 0 atom stereocenters. The van der Waals surface area contributed by atoms with Gasteiger partial charge in [-0.1, -0.05) is 19.1 Å². The lowest BCUT2D eigenvalue weighted by molar-refractivity contribution is 0.471. The highest BCUT2D eigenvalue weighted by Gasteiger charge is 2.06. The van der Waals surface area contributed by atoms with E-state index in [0.717, 1.165) is 29.0 Å². The first-order chi connectivity index (χ1) is 9.60. The summed E-state index contributed by atoms with van der Waals surface area (Å²) in [5.74, 6) is 1.03. The molecular weight excluding hydrogens is 253 g/mol. The third kappa shape index (κ3) is 3.58. The summed E-state index contributed by atoms with van der Waals surface area (Å²) in [4.78, 5) is 0. The van der Waals surface area contributed by atoms with Gasteiger partial charge in [-0.15, -0.1) is 0 Å². The third-order valence-electron chi connectivity index (χ3n) is 3.29. The molecule has 1 N–H and O–H groups in total. The Morgan fingerprint density at radius 1 is 1.15 bits per heavy atom. The molecule has 0 saturated carbocycles. The van der Waals surface area contributed by atoms with Crippen LogP contribution in [0.25, 0.3) is 0 Å². The molecular formula is C17H20FNO. The van der Waals surface area contributed by atoms with E-state index in [-0.39, 0.29) is 5.82 Å². The van der Waals surface area contributed by atoms with Crippen molar-refractivity contribution in [3.8, 4) is 11.5 Å². The predicted octanol–water partition coefficient (Wildman–Crippen LogP) is 4.34. The molecule has 3 heteroatoms. The Bertz CT molecular complexity index is 596. The molecule has 20 heavy (non-hydrogen) atoms. The first kappa shape index (κ1) is 14.5. The molecule has 0 aliphatic rings. The molecule has 0 unspecified atom stereocenters. The maximum Gasteiger partial charge on any atom is 0.130 e. The number of halogens is 1. The zero-order valence-corrected chi connectivity index (χ0v) is 12.2. The van der Waals surface area contributed by atoms with E-state index in [2.05, 4.69) is 5.32 Å². The lowest BCUT2D eigenvalue weighted by Crippen LogP contribution is -2.11. The smallest absolute Gasteiger partial charge is 0.130 e. The second kappa shape index (κ2) is 6.53. The first-order valence-electron chi connectivity index (χ1n) is 6.84. The van der Waals surface area contributed by atoms with Gasteiger partial charge in [-0.05, 0) is 55.3 Å². The third-order valence-corrected chi connectivity index (χ3v) is 3.29. The van der Waals surface area contributed by atoms with Crippen LogP contribution in [0.15, 0.2) is 36.4 Å². The molecule has 0 heterocycles. The van der Waals surface area contributed by atoms with Gasteiger partial charge in [0.1, 0.15) is 17.3 Å². The lowest BCUT2D eigenvalue weighted by atomic mass is 10.1. The second-order valence-electron chi connectivity index (χ2n) is 4.88. The summed E-state index contributed by atoms with van der Waals surface area (Å²) in [6.07, 6.45) is 0. The Hall–Kier alpha value is -1.87. The average molecular weight is 273 g/mol. The van der Waals surface area contributed by atoms with Crippen molar-refractivity contribution in [2.45, 2.75) is 27.3 Å². The molecule has 0 radical (unpaired) electrons. The fourth-order valence-electron chi connectivity index (χ4n) is 2.01. The quantitative estimate of drug-likeness (QED) is 0.874. The van der Waals surface area contributed by atoms with Crippen molar-refractivity contribution in [1.29, 1.82) is 0 Å². The molecule has 2 nitrogen and oxygen atoms in total. The molecule has 0 spiro atoms. The topological polar surface area (TPSA) is 21.3 Å². The van der Waals surface area contributed by atoms with Crippen LogP contribution in [0.3, 0.4) is 0 Å². The Labute approximate surface area is 119 Å². The zero-order valence-electron chi connectivity index (χ0n) is 12.2. The molecule has 0 amide bonds. The van der Waals surface area contributed by atoms with Crippen LogP contribution in [-0.2, 0) is 6.54 Å². The van der Waals surface area contributed by atoms with Crippen LogP contribution < -0.4 is 10.1 Å². The van der Waals surface area contributed by atoms with E-state index >= 15 is 0 Å². The number of ether oxygens (including phenoxy) is 1. The largest absolute Gasteiger partial charge is 0.457 e. The fourth-order valence-corrected chi connectivity index (χ4v) is 2.01. The summed E-state index contributed by atoms with van der Waals surface area (Å²) in [7, 11) is 0. The van der Waals surface area contributed by atoms with Gasteiger partial charge in [0.15, 0.2) is 0 Å². The van der Waals surface area contributed by atoms with Crippen LogP contribution >= 0.6 is 0 Å². The van der Waals surface area contributed by atoms with Gasteiger partial charge in [-0.2, -0.15) is 0 Å². The Kier molecular flexibility index (Phi) is 4.74. The molecule has 0 aliphatic heterocycles. The van der Waals surface area contributed by atoms with Crippen molar-refractivity contribution >= 4 is 0 Å². The van der Waals surface area contributed by atoms with Gasteiger partial charge in [0.25, 0.3) is 0 Å². The summed E-state index contributed by atoms with van der Waals surface area (Å²) in [6.45, 7) is 7.54. The van der Waals surface area contributed by atoms with Crippen LogP contribution in [0, 0.1) is 19.7 Å². The summed E-state index contributed by atoms with van der Waals surface area (Å²) in [6, 6.07) is 10.7. The van der Waals surface area contributed by atoms with Gasteiger partial charge in [0.05, 0.1) is 0 Å². The van der Waals surface area contributed by atoms with E-state index < -0.39 is 0 Å². The number of aryl methyl sites for hydroxylation is 1. The van der Waals surface area contributed by atoms with Crippen molar-refractivity contribution in [3.05, 3.63) is 58.9 Å². The molecule has 0 saturated heterocycles. The van der Waals surface area contributed by atoms with Gasteiger partial charge >= 0.3 is 0 Å². The van der Waals surface area contributed by atoms with E-state index in [9.17, 15) is 4.39 Å². The van der Waals surface area contributed by atoms with E-state index in [0.29, 0.717) is 12.3 Å². The number of hydrogen-bond donors (Lipinski definition) is 1. The Morgan fingerprint density at radius 2 is 1.95 bits per heavy atom. The Morgan fingerprint density at radius 3 is 2.70 bits per heavy atom. The molecule has 0 aromatic heterocycles. The maximum atomic E-state index is 13.6. The first-order valence-corrected chi connectivity index (χ1v) is 6.84. The molecule has 0 fully saturated rings. The van der Waals surface area contributed by atoms with Gasteiger partial charge < -0.3 is 10.1 Å². The summed E-state index contributed by atoms with van der Waals surface area (Å²) < 4.78 is 19.5. The molecule has 0 aliphatic carbocycles. The van der Waals surface area contributed by atoms with E-state index in [1.54, 1.807) is 0 Å². The average Bonchev–Trinajstić information content (AvgIpc) is 2.41. The Balaban J connectivity index is 2.24. The zero-order chi connectivity index (χ0) is 14.5. The van der Waals surface area contributed by atoms with E-state index in [4.69, 9.17) is 4.74 Å². The van der Waals surface area contributed by atoms with Gasteiger partial charge in [-0.25, -0.2) is 4.39 Å².